The van der Waals surface area contributed by atoms with Crippen molar-refractivity contribution in [3.05, 3.63) is 0 Å². The SMILES string of the molecule is CC(C)CCC[C@@H](C)[C@H]1CC[C@H]2[C@@H]3CCC4C[C@H](O)CC[C@]4(C)C3CC[C@]12C. The second-order valence-electron chi connectivity index (χ2n) is 12.6. The summed E-state index contributed by atoms with van der Waals surface area (Å²) in [6.45, 7) is 12.7. The highest BCUT2D eigenvalue weighted by Crippen LogP contribution is 2.68. The van der Waals surface area contributed by atoms with Crippen LogP contribution in [0.1, 0.15) is 112 Å². The van der Waals surface area contributed by atoms with Crippen LogP contribution in [0.2, 0.25) is 0 Å². The highest BCUT2D eigenvalue weighted by molar-refractivity contribution is 5.09. The number of aliphatic hydroxyl groups is 1. The van der Waals surface area contributed by atoms with E-state index in [1.54, 1.807) is 0 Å². The van der Waals surface area contributed by atoms with Crippen molar-refractivity contribution in [2.45, 2.75) is 118 Å². The van der Waals surface area contributed by atoms with E-state index in [-0.39, 0.29) is 6.10 Å². The van der Waals surface area contributed by atoms with Gasteiger partial charge in [-0.15, -0.1) is 0 Å². The third-order valence-electron chi connectivity index (χ3n) is 10.8. The minimum atomic E-state index is -0.00830. The monoisotopic (exact) mass is 388 g/mol. The first-order chi connectivity index (χ1) is 13.3. The average Bonchev–Trinajstić information content (AvgIpc) is 2.99. The lowest BCUT2D eigenvalue weighted by molar-refractivity contribution is -0.129. The summed E-state index contributed by atoms with van der Waals surface area (Å²) in [5.74, 6) is 6.49. The topological polar surface area (TPSA) is 20.2 Å². The quantitative estimate of drug-likeness (QED) is 0.518. The summed E-state index contributed by atoms with van der Waals surface area (Å²) >= 11 is 0. The predicted octanol–water partition coefficient (Wildman–Crippen LogP) is 7.47. The van der Waals surface area contributed by atoms with Crippen LogP contribution in [0, 0.1) is 52.3 Å². The van der Waals surface area contributed by atoms with Gasteiger partial charge in [-0.1, -0.05) is 53.9 Å². The van der Waals surface area contributed by atoms with Gasteiger partial charge in [0.25, 0.3) is 0 Å². The fraction of sp³-hybridized carbons (Fsp3) is 1.00. The van der Waals surface area contributed by atoms with Crippen molar-refractivity contribution in [2.75, 3.05) is 0 Å². The zero-order chi connectivity index (χ0) is 20.1. The molecule has 0 aliphatic heterocycles. The number of hydrogen-bond acceptors (Lipinski definition) is 1. The van der Waals surface area contributed by atoms with Gasteiger partial charge >= 0.3 is 0 Å². The van der Waals surface area contributed by atoms with E-state index in [1.165, 1.54) is 64.2 Å². The minimum Gasteiger partial charge on any atom is -0.393 e. The molecular weight excluding hydrogens is 340 g/mol. The van der Waals surface area contributed by atoms with Gasteiger partial charge in [-0.05, 0) is 110 Å². The van der Waals surface area contributed by atoms with E-state index in [1.807, 2.05) is 0 Å². The summed E-state index contributed by atoms with van der Waals surface area (Å²) in [5.41, 5.74) is 1.15. The molecule has 0 bridgehead atoms. The van der Waals surface area contributed by atoms with Crippen molar-refractivity contribution < 1.29 is 5.11 Å². The smallest absolute Gasteiger partial charge is 0.0543 e. The lowest BCUT2D eigenvalue weighted by Crippen LogP contribution is -2.54. The summed E-state index contributed by atoms with van der Waals surface area (Å²) in [6, 6.07) is 0. The first-order valence-electron chi connectivity index (χ1n) is 12.9. The van der Waals surface area contributed by atoms with Crippen LogP contribution in [0.4, 0.5) is 0 Å². The Kier molecular flexibility index (Phi) is 5.98. The first-order valence-corrected chi connectivity index (χ1v) is 12.9. The molecule has 0 radical (unpaired) electrons. The Balaban J connectivity index is 1.46. The molecule has 0 spiro atoms. The number of rotatable bonds is 5. The number of fused-ring (bicyclic) bond motifs is 5. The van der Waals surface area contributed by atoms with Gasteiger partial charge in [0, 0.05) is 0 Å². The molecule has 1 heteroatoms. The van der Waals surface area contributed by atoms with Gasteiger partial charge in [-0.3, -0.25) is 0 Å². The Hall–Kier alpha value is -0.0400. The fourth-order valence-corrected chi connectivity index (χ4v) is 9.26. The van der Waals surface area contributed by atoms with Crippen molar-refractivity contribution in [3.8, 4) is 0 Å². The van der Waals surface area contributed by atoms with Crippen LogP contribution in [0.15, 0.2) is 0 Å². The van der Waals surface area contributed by atoms with E-state index >= 15 is 0 Å². The van der Waals surface area contributed by atoms with Crippen molar-refractivity contribution in [1.82, 2.24) is 0 Å². The van der Waals surface area contributed by atoms with Crippen LogP contribution in [0.5, 0.6) is 0 Å². The molecule has 0 aromatic rings. The summed E-state index contributed by atoms with van der Waals surface area (Å²) in [6.07, 6.45) is 16.6. The van der Waals surface area contributed by atoms with Gasteiger partial charge in [0.05, 0.1) is 6.10 Å². The van der Waals surface area contributed by atoms with Crippen LogP contribution >= 0.6 is 0 Å². The van der Waals surface area contributed by atoms with E-state index in [9.17, 15) is 5.11 Å². The van der Waals surface area contributed by atoms with Gasteiger partial charge in [0.2, 0.25) is 0 Å². The zero-order valence-corrected chi connectivity index (χ0v) is 19.6. The van der Waals surface area contributed by atoms with Crippen molar-refractivity contribution >= 4 is 0 Å². The fourth-order valence-electron chi connectivity index (χ4n) is 9.26. The van der Waals surface area contributed by atoms with Crippen LogP contribution < -0.4 is 0 Å². The van der Waals surface area contributed by atoms with Crippen LogP contribution in [0.25, 0.3) is 0 Å². The lowest BCUT2D eigenvalue weighted by atomic mass is 9.44. The van der Waals surface area contributed by atoms with E-state index in [4.69, 9.17) is 0 Å². The molecule has 0 saturated heterocycles. The van der Waals surface area contributed by atoms with E-state index in [0.717, 1.165) is 54.3 Å². The third-order valence-corrected chi connectivity index (χ3v) is 10.8. The van der Waals surface area contributed by atoms with E-state index in [2.05, 4.69) is 34.6 Å². The number of hydrogen-bond donors (Lipinski definition) is 1. The van der Waals surface area contributed by atoms with Crippen LogP contribution in [-0.2, 0) is 0 Å². The molecule has 4 saturated carbocycles. The summed E-state index contributed by atoms with van der Waals surface area (Å²) in [5, 5.41) is 10.3. The second kappa shape index (κ2) is 7.90. The van der Waals surface area contributed by atoms with Crippen LogP contribution in [-0.4, -0.2) is 11.2 Å². The molecule has 162 valence electrons. The highest BCUT2D eigenvalue weighted by Gasteiger charge is 2.60. The maximum absolute atomic E-state index is 10.3. The molecule has 28 heavy (non-hydrogen) atoms. The highest BCUT2D eigenvalue weighted by atomic mass is 16.3. The summed E-state index contributed by atoms with van der Waals surface area (Å²) in [7, 11) is 0. The van der Waals surface area contributed by atoms with E-state index < -0.39 is 0 Å². The maximum atomic E-state index is 10.3. The third kappa shape index (κ3) is 3.50. The minimum absolute atomic E-state index is 0.00830. The Morgan fingerprint density at radius 1 is 0.821 bits per heavy atom. The molecule has 0 amide bonds. The molecule has 1 N–H and O–H groups in total. The Morgan fingerprint density at radius 3 is 2.29 bits per heavy atom. The van der Waals surface area contributed by atoms with Crippen molar-refractivity contribution in [3.63, 3.8) is 0 Å². The zero-order valence-electron chi connectivity index (χ0n) is 19.6. The summed E-state index contributed by atoms with van der Waals surface area (Å²) < 4.78 is 0. The molecule has 0 aromatic heterocycles. The summed E-state index contributed by atoms with van der Waals surface area (Å²) in [4.78, 5) is 0. The van der Waals surface area contributed by atoms with Gasteiger partial charge in [0.15, 0.2) is 0 Å². The van der Waals surface area contributed by atoms with Crippen LogP contribution in [0.3, 0.4) is 0 Å². The molecule has 1 nitrogen and oxygen atoms in total. The van der Waals surface area contributed by atoms with Crippen molar-refractivity contribution in [2.24, 2.45) is 52.3 Å². The molecule has 4 aliphatic rings. The lowest BCUT2D eigenvalue weighted by Gasteiger charge is -2.61. The maximum Gasteiger partial charge on any atom is 0.0543 e. The Bertz CT molecular complexity index is 540. The van der Waals surface area contributed by atoms with Gasteiger partial charge < -0.3 is 5.11 Å². The number of aliphatic hydroxyl groups excluding tert-OH is 1. The van der Waals surface area contributed by atoms with E-state index in [0.29, 0.717) is 10.8 Å². The molecule has 9 atom stereocenters. The molecule has 4 fully saturated rings. The Morgan fingerprint density at radius 2 is 1.54 bits per heavy atom. The molecule has 0 aromatic carbocycles. The van der Waals surface area contributed by atoms with Gasteiger partial charge in [-0.25, -0.2) is 0 Å². The van der Waals surface area contributed by atoms with Crippen molar-refractivity contribution in [1.29, 1.82) is 0 Å². The molecule has 2 unspecified atom stereocenters. The molecule has 0 heterocycles. The molecule has 4 aliphatic carbocycles. The molecule has 4 rings (SSSR count). The standard InChI is InChI=1S/C27H48O/c1-18(2)7-6-8-19(3)23-11-12-24-22-10-9-20-17-21(28)13-15-26(20,4)25(22)14-16-27(23,24)5/h18-25,28H,6-17H2,1-5H3/t19-,20?,21-,22+,23-,24+,25?,26+,27-/m1/s1. The molecular formula is C27H48O. The van der Waals surface area contributed by atoms with Gasteiger partial charge in [-0.2, -0.15) is 0 Å². The first kappa shape index (κ1) is 21.2. The largest absolute Gasteiger partial charge is 0.393 e. The average molecular weight is 389 g/mol. The predicted molar refractivity (Wildman–Crippen MR) is 119 cm³/mol. The normalized spacial score (nSPS) is 49.4. The Labute approximate surface area is 175 Å². The second-order valence-corrected chi connectivity index (χ2v) is 12.6. The van der Waals surface area contributed by atoms with Gasteiger partial charge in [0.1, 0.15) is 0 Å².